The molecule has 2 saturated heterocycles. The van der Waals surface area contributed by atoms with E-state index in [1.165, 1.54) is 29.2 Å². The Balaban J connectivity index is 0.904. The molecule has 4 N–H and O–H groups in total. The SMILES string of the molecule is COC(=O)N[C@@H](C(=O)N1CCCC1c1ncc(-c2csc3c(-c4ccc(-c5ccc6[nH]c(C7CCCN7C(=O)[C@H](NC(=O)OC)C(C)C)nc6c5)cc4)csc23)[nH]1)c1ccccc1. The normalized spacial score (nSPS) is 17.3. The molecule has 9 rings (SSSR count). The lowest BCUT2D eigenvalue weighted by Crippen LogP contribution is -2.51. The van der Waals surface area contributed by atoms with Gasteiger partial charge in [0, 0.05) is 35.0 Å². The number of ether oxygens (including phenoxy) is 2. The van der Waals surface area contributed by atoms with Crippen LogP contribution in [0.4, 0.5) is 9.59 Å². The number of rotatable bonds is 11. The summed E-state index contributed by atoms with van der Waals surface area (Å²) >= 11 is 3.40. The van der Waals surface area contributed by atoms with Crippen LogP contribution in [0.1, 0.15) is 74.9 Å². The minimum atomic E-state index is -0.881. The number of aromatic amines is 2. The third kappa shape index (κ3) is 8.16. The van der Waals surface area contributed by atoms with Gasteiger partial charge in [-0.15, -0.1) is 22.7 Å². The first kappa shape index (κ1) is 41.8. The first-order valence-corrected chi connectivity index (χ1v) is 22.9. The lowest BCUT2D eigenvalue weighted by Gasteiger charge is -2.29. The van der Waals surface area contributed by atoms with Crippen LogP contribution in [0.2, 0.25) is 0 Å². The van der Waals surface area contributed by atoms with E-state index in [2.05, 4.69) is 67.8 Å². The van der Waals surface area contributed by atoms with E-state index in [9.17, 15) is 19.2 Å². The number of nitrogens with zero attached hydrogens (tertiary/aromatic N) is 4. The maximum Gasteiger partial charge on any atom is 0.407 e. The van der Waals surface area contributed by atoms with E-state index < -0.39 is 24.3 Å². The van der Waals surface area contributed by atoms with Crippen molar-refractivity contribution in [2.45, 2.75) is 63.7 Å². The van der Waals surface area contributed by atoms with Crippen molar-refractivity contribution in [1.29, 1.82) is 0 Å². The molecular weight excluding hydrogens is 837 g/mol. The number of carbonyl (C=O) groups excluding carboxylic acids is 4. The van der Waals surface area contributed by atoms with Crippen LogP contribution in [0.5, 0.6) is 0 Å². The molecule has 6 heterocycles. The van der Waals surface area contributed by atoms with Gasteiger partial charge in [-0.2, -0.15) is 0 Å². The first-order valence-electron chi connectivity index (χ1n) is 21.1. The summed E-state index contributed by atoms with van der Waals surface area (Å²) in [5, 5.41) is 9.81. The molecule has 4 aromatic heterocycles. The molecule has 2 aliphatic heterocycles. The highest BCUT2D eigenvalue weighted by Gasteiger charge is 2.39. The molecule has 324 valence electrons. The maximum absolute atomic E-state index is 14.0. The van der Waals surface area contributed by atoms with Crippen molar-refractivity contribution in [2.24, 2.45) is 5.92 Å². The molecule has 7 aromatic rings. The number of thiophene rings is 2. The Labute approximate surface area is 372 Å². The van der Waals surface area contributed by atoms with Gasteiger partial charge in [0.05, 0.1) is 58.6 Å². The molecule has 2 fully saturated rings. The number of fused-ring (bicyclic) bond motifs is 2. The highest BCUT2D eigenvalue weighted by Crippen LogP contribution is 2.45. The van der Waals surface area contributed by atoms with Crippen LogP contribution >= 0.6 is 22.7 Å². The standard InChI is InChI=1S/C47H48N8O6S2/c1-26(2)38(52-46(58)60-3)44(56)55-21-9-13-37(55)43-49-33-19-18-30(22-34(33)50-43)27-14-16-28(17-15-27)31-24-62-41-32(25-63-40(31)41)35-23-48-42(51-35)36-12-8-20-54(36)45(57)39(53-47(59)61-4)29-10-6-5-7-11-29/h5-7,10-11,14-19,22-26,36-39H,8-9,12-13,20-21H2,1-4H3,(H,48,51)(H,49,50)(H,52,58)(H,53,59)/t36?,37?,38-,39-/m1/s1. The van der Waals surface area contributed by atoms with Crippen molar-refractivity contribution >= 4 is 67.1 Å². The predicted molar refractivity (Wildman–Crippen MR) is 244 cm³/mol. The molecule has 63 heavy (non-hydrogen) atoms. The second-order valence-corrected chi connectivity index (χ2v) is 18.0. The summed E-state index contributed by atoms with van der Waals surface area (Å²) < 4.78 is 12.0. The highest BCUT2D eigenvalue weighted by molar-refractivity contribution is 7.27. The number of benzene rings is 3. The number of amides is 4. The third-order valence-corrected chi connectivity index (χ3v) is 14.3. The Morgan fingerprint density at radius 3 is 2.05 bits per heavy atom. The molecule has 16 heteroatoms. The van der Waals surface area contributed by atoms with Crippen LogP contribution in [0, 0.1) is 5.92 Å². The molecule has 0 spiro atoms. The Hall–Kier alpha value is -6.52. The molecule has 3 aromatic carbocycles. The average molecular weight is 885 g/mol. The number of hydrogen-bond donors (Lipinski definition) is 4. The molecule has 4 atom stereocenters. The van der Waals surface area contributed by atoms with Crippen LogP contribution in [0.15, 0.2) is 89.8 Å². The van der Waals surface area contributed by atoms with Gasteiger partial charge in [-0.25, -0.2) is 19.6 Å². The second kappa shape index (κ2) is 17.7. The van der Waals surface area contributed by atoms with Crippen molar-refractivity contribution in [3.63, 3.8) is 0 Å². The van der Waals surface area contributed by atoms with Gasteiger partial charge < -0.3 is 39.9 Å². The van der Waals surface area contributed by atoms with Gasteiger partial charge in [0.25, 0.3) is 5.91 Å². The fourth-order valence-corrected chi connectivity index (χ4v) is 11.3. The van der Waals surface area contributed by atoms with Crippen molar-refractivity contribution in [3.8, 4) is 33.5 Å². The van der Waals surface area contributed by atoms with Gasteiger partial charge in [0.2, 0.25) is 5.91 Å². The van der Waals surface area contributed by atoms with E-state index >= 15 is 0 Å². The molecule has 4 amide bonds. The number of carbonyl (C=O) groups is 4. The van der Waals surface area contributed by atoms with E-state index in [1.54, 1.807) is 22.7 Å². The molecule has 2 unspecified atom stereocenters. The second-order valence-electron chi connectivity index (χ2n) is 16.3. The van der Waals surface area contributed by atoms with Crippen LogP contribution in [-0.4, -0.2) is 87.1 Å². The zero-order valence-corrected chi connectivity index (χ0v) is 37.0. The van der Waals surface area contributed by atoms with Gasteiger partial charge in [-0.1, -0.05) is 74.5 Å². The molecule has 0 bridgehead atoms. The molecule has 14 nitrogen and oxygen atoms in total. The monoisotopic (exact) mass is 884 g/mol. The molecule has 0 radical (unpaired) electrons. The Kier molecular flexibility index (Phi) is 11.7. The summed E-state index contributed by atoms with van der Waals surface area (Å²) in [5.74, 6) is 1.01. The van der Waals surface area contributed by atoms with E-state index in [1.807, 2.05) is 66.2 Å². The van der Waals surface area contributed by atoms with Gasteiger partial charge in [0.15, 0.2) is 0 Å². The largest absolute Gasteiger partial charge is 0.453 e. The van der Waals surface area contributed by atoms with Crippen LogP contribution in [0.25, 0.3) is 53.9 Å². The number of imidazole rings is 2. The summed E-state index contributed by atoms with van der Waals surface area (Å²) in [7, 11) is 2.58. The summed E-state index contributed by atoms with van der Waals surface area (Å²) in [6.07, 6.45) is 3.77. The highest BCUT2D eigenvalue weighted by atomic mass is 32.1. The van der Waals surface area contributed by atoms with Crippen molar-refractivity contribution < 1.29 is 28.7 Å². The van der Waals surface area contributed by atoms with E-state index in [0.717, 1.165) is 76.3 Å². The summed E-state index contributed by atoms with van der Waals surface area (Å²) in [5.41, 5.74) is 8.76. The minimum Gasteiger partial charge on any atom is -0.453 e. The van der Waals surface area contributed by atoms with Crippen LogP contribution in [0.3, 0.4) is 0 Å². The van der Waals surface area contributed by atoms with Crippen LogP contribution in [-0.2, 0) is 19.1 Å². The quantitative estimate of drug-likeness (QED) is 0.0994. The fraction of sp³-hybridized carbons (Fsp3) is 0.319. The summed E-state index contributed by atoms with van der Waals surface area (Å²) in [4.78, 5) is 72.4. The third-order valence-electron chi connectivity index (χ3n) is 12.1. The number of methoxy groups -OCH3 is 2. The zero-order valence-electron chi connectivity index (χ0n) is 35.3. The molecule has 0 aliphatic carbocycles. The number of H-pyrrole nitrogens is 2. The Bertz CT molecular complexity index is 2790. The predicted octanol–water partition coefficient (Wildman–Crippen LogP) is 9.37. The number of likely N-dealkylation sites (tertiary alicyclic amines) is 2. The molecule has 0 saturated carbocycles. The van der Waals surface area contributed by atoms with E-state index in [0.29, 0.717) is 18.7 Å². The van der Waals surface area contributed by atoms with Gasteiger partial charge >= 0.3 is 12.2 Å². The molecular formula is C47H48N8O6S2. The summed E-state index contributed by atoms with van der Waals surface area (Å²) in [6, 6.07) is 22.0. The van der Waals surface area contributed by atoms with Gasteiger partial charge in [-0.05, 0) is 66.0 Å². The number of alkyl carbamates (subject to hydrolysis) is 2. The Morgan fingerprint density at radius 1 is 0.730 bits per heavy atom. The Morgan fingerprint density at radius 2 is 1.35 bits per heavy atom. The lowest BCUT2D eigenvalue weighted by atomic mass is 10.0. The van der Waals surface area contributed by atoms with Crippen LogP contribution < -0.4 is 10.6 Å². The fourth-order valence-electron chi connectivity index (χ4n) is 8.84. The van der Waals surface area contributed by atoms with Crippen molar-refractivity contribution in [3.05, 3.63) is 107 Å². The van der Waals surface area contributed by atoms with Crippen molar-refractivity contribution in [2.75, 3.05) is 27.3 Å². The van der Waals surface area contributed by atoms with Crippen molar-refractivity contribution in [1.82, 2.24) is 40.4 Å². The summed E-state index contributed by atoms with van der Waals surface area (Å²) in [6.45, 7) is 4.97. The van der Waals surface area contributed by atoms with Gasteiger partial charge in [-0.3, -0.25) is 9.59 Å². The van der Waals surface area contributed by atoms with E-state index in [4.69, 9.17) is 19.4 Å². The lowest BCUT2D eigenvalue weighted by molar-refractivity contribution is -0.135. The number of aromatic nitrogens is 4. The van der Waals surface area contributed by atoms with E-state index in [-0.39, 0.29) is 29.8 Å². The molecule has 2 aliphatic rings. The van der Waals surface area contributed by atoms with Gasteiger partial charge in [0.1, 0.15) is 23.7 Å². The zero-order chi connectivity index (χ0) is 43.8. The number of hydrogen-bond acceptors (Lipinski definition) is 10. The maximum atomic E-state index is 14.0. The minimum absolute atomic E-state index is 0.109. The topological polar surface area (TPSA) is 175 Å². The smallest absolute Gasteiger partial charge is 0.407 e. The average Bonchev–Trinajstić information content (AvgIpc) is 4.17. The first-order chi connectivity index (χ1) is 30.6. The number of nitrogens with one attached hydrogen (secondary N) is 4.